The number of hydrogen-bond donors (Lipinski definition) is 1. The molecule has 2 aliphatic heterocycles. The second kappa shape index (κ2) is 11.2. The SMILES string of the molecule is COCCOCC1CNC(=O)[C@H]1c1ccc(C(=O)N2CCN(c3nc(C)c(C)cc3C)CC2)cc1. The highest BCUT2D eigenvalue weighted by molar-refractivity contribution is 5.94. The molecule has 0 bridgehead atoms. The topological polar surface area (TPSA) is 84.0 Å². The molecule has 1 aromatic carbocycles. The van der Waals surface area contributed by atoms with E-state index in [0.717, 1.165) is 30.2 Å². The van der Waals surface area contributed by atoms with Gasteiger partial charge in [-0.2, -0.15) is 0 Å². The van der Waals surface area contributed by atoms with Crippen molar-refractivity contribution in [3.8, 4) is 0 Å². The predicted molar refractivity (Wildman–Crippen MR) is 135 cm³/mol. The Hall–Kier alpha value is -2.97. The number of ether oxygens (including phenoxy) is 2. The van der Waals surface area contributed by atoms with Gasteiger partial charge in [-0.25, -0.2) is 4.98 Å². The number of pyridine rings is 1. The van der Waals surface area contributed by atoms with Crippen LogP contribution in [-0.2, 0) is 14.3 Å². The van der Waals surface area contributed by atoms with Crippen LogP contribution in [0.15, 0.2) is 30.3 Å². The van der Waals surface area contributed by atoms with Crippen LogP contribution in [0.3, 0.4) is 0 Å². The molecule has 1 aromatic heterocycles. The second-order valence-electron chi connectivity index (χ2n) is 9.48. The molecule has 35 heavy (non-hydrogen) atoms. The lowest BCUT2D eigenvalue weighted by molar-refractivity contribution is -0.120. The average molecular weight is 481 g/mol. The number of hydrogen-bond acceptors (Lipinski definition) is 6. The third-order valence-corrected chi connectivity index (χ3v) is 7.07. The molecule has 0 radical (unpaired) electrons. The summed E-state index contributed by atoms with van der Waals surface area (Å²) in [4.78, 5) is 34.6. The van der Waals surface area contributed by atoms with Crippen molar-refractivity contribution in [1.29, 1.82) is 0 Å². The van der Waals surface area contributed by atoms with Crippen molar-refractivity contribution in [1.82, 2.24) is 15.2 Å². The largest absolute Gasteiger partial charge is 0.382 e. The highest BCUT2D eigenvalue weighted by atomic mass is 16.5. The zero-order chi connectivity index (χ0) is 24.9. The van der Waals surface area contributed by atoms with Gasteiger partial charge in [-0.05, 0) is 49.6 Å². The van der Waals surface area contributed by atoms with E-state index in [2.05, 4.69) is 30.1 Å². The fourth-order valence-electron chi connectivity index (χ4n) is 4.92. The normalized spacial score (nSPS) is 20.3. The number of benzene rings is 1. The molecule has 0 saturated carbocycles. The van der Waals surface area contributed by atoms with Crippen molar-refractivity contribution in [2.24, 2.45) is 5.92 Å². The first-order chi connectivity index (χ1) is 16.9. The first kappa shape index (κ1) is 25.1. The Morgan fingerprint density at radius 3 is 2.46 bits per heavy atom. The van der Waals surface area contributed by atoms with E-state index in [1.54, 1.807) is 7.11 Å². The number of amides is 2. The van der Waals surface area contributed by atoms with Gasteiger partial charge < -0.3 is 24.6 Å². The van der Waals surface area contributed by atoms with Gasteiger partial charge in [0.05, 0.1) is 25.7 Å². The number of nitrogens with one attached hydrogen (secondary N) is 1. The number of methoxy groups -OCH3 is 1. The Balaban J connectivity index is 1.36. The van der Waals surface area contributed by atoms with Crippen molar-refractivity contribution in [3.05, 3.63) is 58.3 Å². The van der Waals surface area contributed by atoms with Crippen molar-refractivity contribution < 1.29 is 19.1 Å². The van der Waals surface area contributed by atoms with E-state index in [1.165, 1.54) is 11.1 Å². The summed E-state index contributed by atoms with van der Waals surface area (Å²) >= 11 is 0. The van der Waals surface area contributed by atoms with E-state index in [0.29, 0.717) is 45.0 Å². The summed E-state index contributed by atoms with van der Waals surface area (Å²) in [7, 11) is 1.64. The van der Waals surface area contributed by atoms with Gasteiger partial charge in [0, 0.05) is 57.0 Å². The summed E-state index contributed by atoms with van der Waals surface area (Å²) in [5, 5.41) is 2.94. The van der Waals surface area contributed by atoms with Crippen LogP contribution in [0.1, 0.15) is 38.7 Å². The lowest BCUT2D eigenvalue weighted by Crippen LogP contribution is -2.49. The third-order valence-electron chi connectivity index (χ3n) is 7.07. The summed E-state index contributed by atoms with van der Waals surface area (Å²) in [6, 6.07) is 9.67. The number of aryl methyl sites for hydroxylation is 3. The molecule has 4 rings (SSSR count). The molecule has 0 spiro atoms. The molecular formula is C27H36N4O4. The molecule has 1 N–H and O–H groups in total. The minimum Gasteiger partial charge on any atom is -0.382 e. The van der Waals surface area contributed by atoms with Gasteiger partial charge in [0.1, 0.15) is 5.82 Å². The molecule has 0 aliphatic carbocycles. The Kier molecular flexibility index (Phi) is 8.03. The molecule has 2 saturated heterocycles. The van der Waals surface area contributed by atoms with Gasteiger partial charge in [0.2, 0.25) is 5.91 Å². The Morgan fingerprint density at radius 1 is 1.06 bits per heavy atom. The molecule has 2 atom stereocenters. The van der Waals surface area contributed by atoms with Crippen molar-refractivity contribution in [3.63, 3.8) is 0 Å². The molecular weight excluding hydrogens is 444 g/mol. The maximum absolute atomic E-state index is 13.2. The third kappa shape index (κ3) is 5.65. The van der Waals surface area contributed by atoms with Gasteiger partial charge in [-0.1, -0.05) is 18.2 Å². The van der Waals surface area contributed by atoms with E-state index in [9.17, 15) is 9.59 Å². The van der Waals surface area contributed by atoms with E-state index in [-0.39, 0.29) is 23.7 Å². The van der Waals surface area contributed by atoms with Gasteiger partial charge in [-0.3, -0.25) is 9.59 Å². The lowest BCUT2D eigenvalue weighted by atomic mass is 9.88. The van der Waals surface area contributed by atoms with E-state index in [4.69, 9.17) is 14.5 Å². The Labute approximate surface area is 207 Å². The highest BCUT2D eigenvalue weighted by Crippen LogP contribution is 2.30. The fraction of sp³-hybridized carbons (Fsp3) is 0.519. The number of piperazine rings is 1. The van der Waals surface area contributed by atoms with Crippen LogP contribution in [0.2, 0.25) is 0 Å². The molecule has 3 heterocycles. The van der Waals surface area contributed by atoms with Crippen molar-refractivity contribution in [2.45, 2.75) is 26.7 Å². The smallest absolute Gasteiger partial charge is 0.253 e. The van der Waals surface area contributed by atoms with Crippen LogP contribution >= 0.6 is 0 Å². The molecule has 2 aromatic rings. The quantitative estimate of drug-likeness (QED) is 0.585. The first-order valence-corrected chi connectivity index (χ1v) is 12.3. The van der Waals surface area contributed by atoms with Gasteiger partial charge >= 0.3 is 0 Å². The van der Waals surface area contributed by atoms with Gasteiger partial charge in [0.25, 0.3) is 5.91 Å². The van der Waals surface area contributed by atoms with E-state index >= 15 is 0 Å². The monoisotopic (exact) mass is 480 g/mol. The van der Waals surface area contributed by atoms with E-state index in [1.807, 2.05) is 36.1 Å². The van der Waals surface area contributed by atoms with Crippen LogP contribution in [0.4, 0.5) is 5.82 Å². The standard InChI is InChI=1S/C27H36N4O4/c1-18-15-19(2)25(29-20(18)3)30-9-11-31(12-10-30)27(33)22-7-5-21(6-8-22)24-23(16-28-26(24)32)17-35-14-13-34-4/h5-8,15,23-24H,9-14,16-17H2,1-4H3,(H,28,32)/t23?,24-/m0/s1. The van der Waals surface area contributed by atoms with Gasteiger partial charge in [-0.15, -0.1) is 0 Å². The molecule has 2 fully saturated rings. The number of aromatic nitrogens is 1. The molecule has 2 aliphatic rings. The number of nitrogens with zero attached hydrogens (tertiary/aromatic N) is 3. The van der Waals surface area contributed by atoms with Crippen LogP contribution in [0, 0.1) is 26.7 Å². The van der Waals surface area contributed by atoms with Crippen molar-refractivity contribution >= 4 is 17.6 Å². The zero-order valence-electron chi connectivity index (χ0n) is 21.2. The maximum Gasteiger partial charge on any atom is 0.253 e. The zero-order valence-corrected chi connectivity index (χ0v) is 21.2. The summed E-state index contributed by atoms with van der Waals surface area (Å²) in [6.45, 7) is 11.2. The van der Waals surface area contributed by atoms with E-state index < -0.39 is 0 Å². The molecule has 8 heteroatoms. The maximum atomic E-state index is 13.2. The first-order valence-electron chi connectivity index (χ1n) is 12.3. The van der Waals surface area contributed by atoms with Crippen LogP contribution in [-0.4, -0.2) is 81.4 Å². The number of carbonyl (C=O) groups excluding carboxylic acids is 2. The minimum absolute atomic E-state index is 0.00999. The molecule has 188 valence electrons. The Morgan fingerprint density at radius 2 is 1.77 bits per heavy atom. The number of rotatable bonds is 8. The van der Waals surface area contributed by atoms with Crippen molar-refractivity contribution in [2.75, 3.05) is 64.6 Å². The summed E-state index contributed by atoms with van der Waals surface area (Å²) < 4.78 is 10.7. The predicted octanol–water partition coefficient (Wildman–Crippen LogP) is 2.46. The van der Waals surface area contributed by atoms with Crippen LogP contribution < -0.4 is 10.2 Å². The Bertz CT molecular complexity index is 1050. The average Bonchev–Trinajstić information content (AvgIpc) is 3.24. The highest BCUT2D eigenvalue weighted by Gasteiger charge is 2.36. The molecule has 2 amide bonds. The number of anilines is 1. The summed E-state index contributed by atoms with van der Waals surface area (Å²) in [6.07, 6.45) is 0. The minimum atomic E-state index is -0.265. The second-order valence-corrected chi connectivity index (χ2v) is 9.48. The summed E-state index contributed by atoms with van der Waals surface area (Å²) in [5.41, 5.74) is 4.97. The molecule has 1 unspecified atom stereocenters. The molecule has 8 nitrogen and oxygen atoms in total. The summed E-state index contributed by atoms with van der Waals surface area (Å²) in [5.74, 6) is 0.850. The lowest BCUT2D eigenvalue weighted by Gasteiger charge is -2.36. The van der Waals surface area contributed by atoms with Gasteiger partial charge in [0.15, 0.2) is 0 Å². The fourth-order valence-corrected chi connectivity index (χ4v) is 4.92. The van der Waals surface area contributed by atoms with Crippen LogP contribution in [0.25, 0.3) is 0 Å². The van der Waals surface area contributed by atoms with Crippen LogP contribution in [0.5, 0.6) is 0 Å². The number of carbonyl (C=O) groups is 2.